The van der Waals surface area contributed by atoms with Crippen LogP contribution >= 0.6 is 23.2 Å². The highest BCUT2D eigenvalue weighted by atomic mass is 35.5. The molecule has 0 saturated carbocycles. The summed E-state index contributed by atoms with van der Waals surface area (Å²) in [5, 5.41) is 1.45. The summed E-state index contributed by atoms with van der Waals surface area (Å²) in [7, 11) is 1.66. The molecule has 0 aliphatic heterocycles. The SMILES string of the molecule is COc1ccc(Cc2cc(Cl)ccc2Cl)cc1. The van der Waals surface area contributed by atoms with Gasteiger partial charge in [0.2, 0.25) is 0 Å². The van der Waals surface area contributed by atoms with Crippen molar-refractivity contribution in [1.82, 2.24) is 0 Å². The summed E-state index contributed by atoms with van der Waals surface area (Å²) in [6.07, 6.45) is 0.767. The lowest BCUT2D eigenvalue weighted by Crippen LogP contribution is -1.90. The Labute approximate surface area is 111 Å². The van der Waals surface area contributed by atoms with E-state index in [1.165, 1.54) is 5.56 Å². The highest BCUT2D eigenvalue weighted by Gasteiger charge is 2.03. The molecule has 1 nitrogen and oxygen atoms in total. The number of benzene rings is 2. The maximum atomic E-state index is 6.12. The van der Waals surface area contributed by atoms with Crippen LogP contribution in [0.3, 0.4) is 0 Å². The molecule has 0 N–H and O–H groups in total. The van der Waals surface area contributed by atoms with Gasteiger partial charge in [0.15, 0.2) is 0 Å². The molecule has 0 bridgehead atoms. The van der Waals surface area contributed by atoms with E-state index in [0.29, 0.717) is 5.02 Å². The van der Waals surface area contributed by atoms with Crippen molar-refractivity contribution in [3.63, 3.8) is 0 Å². The van der Waals surface area contributed by atoms with Crippen LogP contribution in [0.15, 0.2) is 42.5 Å². The zero-order valence-corrected chi connectivity index (χ0v) is 10.9. The number of hydrogen-bond donors (Lipinski definition) is 0. The first kappa shape index (κ1) is 12.3. The van der Waals surface area contributed by atoms with Crippen molar-refractivity contribution in [2.75, 3.05) is 7.11 Å². The predicted octanol–water partition coefficient (Wildman–Crippen LogP) is 4.59. The molecule has 0 aliphatic carbocycles. The second-order valence-electron chi connectivity index (χ2n) is 3.76. The molecule has 17 heavy (non-hydrogen) atoms. The zero-order chi connectivity index (χ0) is 12.3. The van der Waals surface area contributed by atoms with Crippen molar-refractivity contribution in [3.05, 3.63) is 63.6 Å². The number of rotatable bonds is 3. The van der Waals surface area contributed by atoms with Crippen molar-refractivity contribution >= 4 is 23.2 Å². The van der Waals surface area contributed by atoms with Crippen molar-refractivity contribution in [3.8, 4) is 5.75 Å². The number of hydrogen-bond acceptors (Lipinski definition) is 1. The van der Waals surface area contributed by atoms with Gasteiger partial charge in [0.05, 0.1) is 7.11 Å². The van der Waals surface area contributed by atoms with E-state index >= 15 is 0 Å². The van der Waals surface area contributed by atoms with Gasteiger partial charge < -0.3 is 4.74 Å². The average molecular weight is 267 g/mol. The van der Waals surface area contributed by atoms with Gasteiger partial charge in [-0.25, -0.2) is 0 Å². The lowest BCUT2D eigenvalue weighted by Gasteiger charge is -2.06. The molecule has 0 fully saturated rings. The maximum absolute atomic E-state index is 6.12. The Morgan fingerprint density at radius 3 is 2.35 bits per heavy atom. The molecule has 0 amide bonds. The van der Waals surface area contributed by atoms with Gasteiger partial charge in [0, 0.05) is 10.0 Å². The molecule has 0 heterocycles. The molecule has 0 atom stereocenters. The third-order valence-corrected chi connectivity index (χ3v) is 3.17. The molecule has 0 aromatic heterocycles. The molecule has 0 unspecified atom stereocenters. The molecular formula is C14H12Cl2O. The van der Waals surface area contributed by atoms with Crippen LogP contribution in [0.2, 0.25) is 10.0 Å². The quantitative estimate of drug-likeness (QED) is 0.790. The highest BCUT2D eigenvalue weighted by Crippen LogP contribution is 2.24. The summed E-state index contributed by atoms with van der Waals surface area (Å²) >= 11 is 12.1. The van der Waals surface area contributed by atoms with Gasteiger partial charge in [-0.15, -0.1) is 0 Å². The molecule has 2 rings (SSSR count). The minimum atomic E-state index is 0.706. The van der Waals surface area contributed by atoms with Gasteiger partial charge in [-0.05, 0) is 47.9 Å². The largest absolute Gasteiger partial charge is 0.497 e. The smallest absolute Gasteiger partial charge is 0.118 e. The average Bonchev–Trinajstić information content (AvgIpc) is 2.35. The lowest BCUT2D eigenvalue weighted by molar-refractivity contribution is 0.414. The standard InChI is InChI=1S/C14H12Cl2O/c1-17-13-5-2-10(3-6-13)8-11-9-12(15)4-7-14(11)16/h2-7,9H,8H2,1H3. The van der Waals surface area contributed by atoms with Crippen molar-refractivity contribution in [1.29, 1.82) is 0 Å². The Morgan fingerprint density at radius 2 is 1.71 bits per heavy atom. The van der Waals surface area contributed by atoms with Crippen LogP contribution in [-0.2, 0) is 6.42 Å². The van der Waals surface area contributed by atoms with Crippen LogP contribution in [0.5, 0.6) is 5.75 Å². The van der Waals surface area contributed by atoms with E-state index in [2.05, 4.69) is 0 Å². The van der Waals surface area contributed by atoms with Crippen LogP contribution in [0.25, 0.3) is 0 Å². The van der Waals surface area contributed by atoms with Crippen molar-refractivity contribution in [2.24, 2.45) is 0 Å². The van der Waals surface area contributed by atoms with Gasteiger partial charge in [0.1, 0.15) is 5.75 Å². The van der Waals surface area contributed by atoms with E-state index in [1.54, 1.807) is 13.2 Å². The fourth-order valence-corrected chi connectivity index (χ4v) is 2.02. The van der Waals surface area contributed by atoms with Crippen LogP contribution in [0, 0.1) is 0 Å². The number of methoxy groups -OCH3 is 1. The lowest BCUT2D eigenvalue weighted by atomic mass is 10.0. The van der Waals surface area contributed by atoms with E-state index in [9.17, 15) is 0 Å². The fraction of sp³-hybridized carbons (Fsp3) is 0.143. The second kappa shape index (κ2) is 5.44. The molecule has 3 heteroatoms. The molecule has 0 saturated heterocycles. The van der Waals surface area contributed by atoms with Gasteiger partial charge in [-0.3, -0.25) is 0 Å². The third-order valence-electron chi connectivity index (χ3n) is 2.56. The summed E-state index contributed by atoms with van der Waals surface area (Å²) in [5.74, 6) is 0.853. The van der Waals surface area contributed by atoms with Gasteiger partial charge in [-0.2, -0.15) is 0 Å². The molecule has 2 aromatic carbocycles. The van der Waals surface area contributed by atoms with Gasteiger partial charge >= 0.3 is 0 Å². The molecular weight excluding hydrogens is 255 g/mol. The van der Waals surface area contributed by atoms with E-state index in [4.69, 9.17) is 27.9 Å². The Morgan fingerprint density at radius 1 is 1.00 bits per heavy atom. The Balaban J connectivity index is 2.22. The second-order valence-corrected chi connectivity index (χ2v) is 4.60. The number of ether oxygens (including phenoxy) is 1. The maximum Gasteiger partial charge on any atom is 0.118 e. The zero-order valence-electron chi connectivity index (χ0n) is 9.41. The Hall–Kier alpha value is -1.18. The van der Waals surface area contributed by atoms with Gasteiger partial charge in [0.25, 0.3) is 0 Å². The number of halogens is 2. The normalized spacial score (nSPS) is 10.3. The highest BCUT2D eigenvalue weighted by molar-refractivity contribution is 6.33. The van der Waals surface area contributed by atoms with Crippen molar-refractivity contribution < 1.29 is 4.74 Å². The van der Waals surface area contributed by atoms with Gasteiger partial charge in [-0.1, -0.05) is 35.3 Å². The summed E-state index contributed by atoms with van der Waals surface area (Å²) in [4.78, 5) is 0. The molecule has 0 aliphatic rings. The molecule has 0 spiro atoms. The van der Waals surface area contributed by atoms with E-state index in [1.807, 2.05) is 36.4 Å². The topological polar surface area (TPSA) is 9.23 Å². The first-order chi connectivity index (χ1) is 8.19. The van der Waals surface area contributed by atoms with E-state index in [0.717, 1.165) is 22.8 Å². The van der Waals surface area contributed by atoms with Crippen molar-refractivity contribution in [2.45, 2.75) is 6.42 Å². The molecule has 0 radical (unpaired) electrons. The molecule has 88 valence electrons. The van der Waals surface area contributed by atoms with E-state index < -0.39 is 0 Å². The summed E-state index contributed by atoms with van der Waals surface area (Å²) in [5.41, 5.74) is 2.21. The Kier molecular flexibility index (Phi) is 3.93. The first-order valence-corrected chi connectivity index (χ1v) is 6.01. The van der Waals surface area contributed by atoms with Crippen LogP contribution in [0.1, 0.15) is 11.1 Å². The monoisotopic (exact) mass is 266 g/mol. The summed E-state index contributed by atoms with van der Waals surface area (Å²) < 4.78 is 5.12. The van der Waals surface area contributed by atoms with Crippen LogP contribution < -0.4 is 4.74 Å². The molecule has 2 aromatic rings. The van der Waals surface area contributed by atoms with Crippen LogP contribution in [0.4, 0.5) is 0 Å². The minimum Gasteiger partial charge on any atom is -0.497 e. The summed E-state index contributed by atoms with van der Waals surface area (Å²) in [6, 6.07) is 13.4. The Bertz CT molecular complexity index is 506. The minimum absolute atomic E-state index is 0.706. The first-order valence-electron chi connectivity index (χ1n) is 5.26. The van der Waals surface area contributed by atoms with Crippen LogP contribution in [-0.4, -0.2) is 7.11 Å². The summed E-state index contributed by atoms with van der Waals surface area (Å²) in [6.45, 7) is 0. The fourth-order valence-electron chi connectivity index (χ4n) is 1.64. The third kappa shape index (κ3) is 3.15. The predicted molar refractivity (Wildman–Crippen MR) is 72.3 cm³/mol. The van der Waals surface area contributed by atoms with E-state index in [-0.39, 0.29) is 0 Å².